The van der Waals surface area contributed by atoms with Gasteiger partial charge in [0.05, 0.1) is 12.7 Å². The zero-order valence-electron chi connectivity index (χ0n) is 20.4. The van der Waals surface area contributed by atoms with E-state index in [-0.39, 0.29) is 18.0 Å². The SMILES string of the molecule is CCOc1ccc(Cc2cc(C3OC(CC)C(OC(C)=O)C(C)C3OC(C)=O)ccc2Cl)cc1. The second kappa shape index (κ2) is 11.7. The van der Waals surface area contributed by atoms with E-state index >= 15 is 0 Å². The number of ether oxygens (including phenoxy) is 4. The van der Waals surface area contributed by atoms with Crippen molar-refractivity contribution >= 4 is 23.5 Å². The minimum atomic E-state index is -0.607. The summed E-state index contributed by atoms with van der Waals surface area (Å²) in [4.78, 5) is 23.6. The Balaban J connectivity index is 1.91. The van der Waals surface area contributed by atoms with Crippen LogP contribution in [0.5, 0.6) is 5.75 Å². The van der Waals surface area contributed by atoms with Crippen molar-refractivity contribution in [2.45, 2.75) is 71.9 Å². The van der Waals surface area contributed by atoms with E-state index in [2.05, 4.69) is 0 Å². The zero-order valence-corrected chi connectivity index (χ0v) is 21.1. The first-order valence-corrected chi connectivity index (χ1v) is 12.1. The van der Waals surface area contributed by atoms with Crippen LogP contribution in [0.15, 0.2) is 42.5 Å². The first-order valence-electron chi connectivity index (χ1n) is 11.7. The van der Waals surface area contributed by atoms with E-state index in [1.807, 2.05) is 63.2 Å². The van der Waals surface area contributed by atoms with Crippen LogP contribution in [0.2, 0.25) is 5.02 Å². The van der Waals surface area contributed by atoms with Crippen LogP contribution in [0.1, 0.15) is 63.8 Å². The largest absolute Gasteiger partial charge is 0.494 e. The second-order valence-electron chi connectivity index (χ2n) is 8.62. The summed E-state index contributed by atoms with van der Waals surface area (Å²) in [6.07, 6.45) is -0.652. The molecule has 0 amide bonds. The molecule has 184 valence electrons. The molecule has 7 heteroatoms. The number of hydrogen-bond acceptors (Lipinski definition) is 6. The Bertz CT molecular complexity index is 989. The highest BCUT2D eigenvalue weighted by Gasteiger charge is 2.47. The van der Waals surface area contributed by atoms with Gasteiger partial charge in [-0.1, -0.05) is 49.7 Å². The summed E-state index contributed by atoms with van der Waals surface area (Å²) in [7, 11) is 0. The Kier molecular flexibility index (Phi) is 8.97. The van der Waals surface area contributed by atoms with E-state index in [1.54, 1.807) is 0 Å². The molecule has 6 nitrogen and oxygen atoms in total. The summed E-state index contributed by atoms with van der Waals surface area (Å²) in [5.41, 5.74) is 2.90. The molecule has 3 rings (SSSR count). The monoisotopic (exact) mass is 488 g/mol. The third kappa shape index (κ3) is 6.30. The number of halogens is 1. The number of rotatable bonds is 8. The van der Waals surface area contributed by atoms with Gasteiger partial charge in [0, 0.05) is 24.8 Å². The van der Waals surface area contributed by atoms with Gasteiger partial charge in [0.25, 0.3) is 0 Å². The first-order chi connectivity index (χ1) is 16.2. The van der Waals surface area contributed by atoms with Crippen molar-refractivity contribution in [2.24, 2.45) is 5.92 Å². The van der Waals surface area contributed by atoms with Crippen LogP contribution in [0.25, 0.3) is 0 Å². The number of esters is 2. The lowest BCUT2D eigenvalue weighted by Crippen LogP contribution is -2.52. The molecule has 1 fully saturated rings. The summed E-state index contributed by atoms with van der Waals surface area (Å²) in [6, 6.07) is 13.7. The van der Waals surface area contributed by atoms with Gasteiger partial charge in [-0.15, -0.1) is 0 Å². The van der Waals surface area contributed by atoms with Crippen molar-refractivity contribution in [2.75, 3.05) is 6.61 Å². The molecule has 0 spiro atoms. The zero-order chi connectivity index (χ0) is 24.8. The predicted molar refractivity (Wildman–Crippen MR) is 130 cm³/mol. The van der Waals surface area contributed by atoms with Gasteiger partial charge in [0.1, 0.15) is 24.1 Å². The maximum Gasteiger partial charge on any atom is 0.303 e. The summed E-state index contributed by atoms with van der Waals surface area (Å²) in [5, 5.41) is 0.648. The van der Waals surface area contributed by atoms with Crippen molar-refractivity contribution < 1.29 is 28.5 Å². The second-order valence-corrected chi connectivity index (χ2v) is 9.02. The Morgan fingerprint density at radius 1 is 0.971 bits per heavy atom. The minimum Gasteiger partial charge on any atom is -0.494 e. The van der Waals surface area contributed by atoms with E-state index in [0.717, 1.165) is 22.4 Å². The summed E-state index contributed by atoms with van der Waals surface area (Å²) in [5.74, 6) is -0.219. The molecule has 0 aliphatic carbocycles. The maximum atomic E-state index is 11.9. The van der Waals surface area contributed by atoms with Crippen molar-refractivity contribution in [3.05, 3.63) is 64.2 Å². The lowest BCUT2D eigenvalue weighted by atomic mass is 9.83. The van der Waals surface area contributed by atoms with Crippen molar-refractivity contribution in [3.8, 4) is 5.75 Å². The van der Waals surface area contributed by atoms with E-state index in [0.29, 0.717) is 24.5 Å². The summed E-state index contributed by atoms with van der Waals surface area (Å²) >= 11 is 6.54. The molecule has 2 aromatic rings. The molecule has 1 aliphatic heterocycles. The highest BCUT2D eigenvalue weighted by Crippen LogP contribution is 2.40. The van der Waals surface area contributed by atoms with E-state index < -0.39 is 24.3 Å². The van der Waals surface area contributed by atoms with Crippen LogP contribution in [-0.4, -0.2) is 36.9 Å². The average molecular weight is 489 g/mol. The molecule has 1 aliphatic rings. The Morgan fingerprint density at radius 2 is 1.62 bits per heavy atom. The average Bonchev–Trinajstić information content (AvgIpc) is 2.79. The molecule has 1 saturated heterocycles. The van der Waals surface area contributed by atoms with E-state index in [4.69, 9.17) is 30.5 Å². The smallest absolute Gasteiger partial charge is 0.303 e. The third-order valence-electron chi connectivity index (χ3n) is 6.06. The van der Waals surface area contributed by atoms with Crippen LogP contribution >= 0.6 is 11.6 Å². The van der Waals surface area contributed by atoms with Crippen LogP contribution in [0, 0.1) is 5.92 Å². The fourth-order valence-electron chi connectivity index (χ4n) is 4.47. The third-order valence-corrected chi connectivity index (χ3v) is 6.43. The van der Waals surface area contributed by atoms with Crippen LogP contribution in [-0.2, 0) is 30.2 Å². The lowest BCUT2D eigenvalue weighted by molar-refractivity contribution is -0.223. The maximum absolute atomic E-state index is 11.9. The topological polar surface area (TPSA) is 71.1 Å². The molecule has 0 radical (unpaired) electrons. The van der Waals surface area contributed by atoms with Crippen molar-refractivity contribution in [1.82, 2.24) is 0 Å². The van der Waals surface area contributed by atoms with Gasteiger partial charge < -0.3 is 18.9 Å². The van der Waals surface area contributed by atoms with Crippen LogP contribution in [0.3, 0.4) is 0 Å². The minimum absolute atomic E-state index is 0.248. The van der Waals surface area contributed by atoms with Crippen molar-refractivity contribution in [1.29, 1.82) is 0 Å². The Labute approximate surface area is 206 Å². The van der Waals surface area contributed by atoms with E-state index in [9.17, 15) is 9.59 Å². The van der Waals surface area contributed by atoms with Gasteiger partial charge >= 0.3 is 11.9 Å². The quantitative estimate of drug-likeness (QED) is 0.445. The fourth-order valence-corrected chi connectivity index (χ4v) is 4.66. The molecule has 0 N–H and O–H groups in total. The van der Waals surface area contributed by atoms with Gasteiger partial charge in [0.2, 0.25) is 0 Å². The normalized spacial score (nSPS) is 24.4. The molecular weight excluding hydrogens is 456 g/mol. The fraction of sp³-hybridized carbons (Fsp3) is 0.481. The summed E-state index contributed by atoms with van der Waals surface area (Å²) < 4.78 is 23.2. The molecule has 2 aromatic carbocycles. The van der Waals surface area contributed by atoms with E-state index in [1.165, 1.54) is 13.8 Å². The highest BCUT2D eigenvalue weighted by molar-refractivity contribution is 6.31. The van der Waals surface area contributed by atoms with Gasteiger partial charge in [-0.05, 0) is 54.7 Å². The molecule has 34 heavy (non-hydrogen) atoms. The number of carbonyl (C=O) groups is 2. The van der Waals surface area contributed by atoms with Gasteiger partial charge in [-0.2, -0.15) is 0 Å². The Hall–Kier alpha value is -2.57. The van der Waals surface area contributed by atoms with Gasteiger partial charge in [-0.3, -0.25) is 9.59 Å². The predicted octanol–water partition coefficient (Wildman–Crippen LogP) is 5.68. The van der Waals surface area contributed by atoms with Crippen molar-refractivity contribution in [3.63, 3.8) is 0 Å². The number of carbonyl (C=O) groups excluding carboxylic acids is 2. The molecule has 0 aromatic heterocycles. The van der Waals surface area contributed by atoms with Gasteiger partial charge in [-0.25, -0.2) is 0 Å². The molecule has 5 atom stereocenters. The summed E-state index contributed by atoms with van der Waals surface area (Å²) in [6.45, 7) is 9.22. The number of benzene rings is 2. The molecule has 5 unspecified atom stereocenters. The standard InChI is InChI=1S/C27H33ClO6/c1-6-24-25(32-17(4)29)16(3)26(33-18(5)30)27(34-24)20-10-13-23(28)21(15-20)14-19-8-11-22(12-9-19)31-7-2/h8-13,15-16,24-27H,6-7,14H2,1-5H3. The molecule has 0 bridgehead atoms. The Morgan fingerprint density at radius 3 is 2.21 bits per heavy atom. The van der Waals surface area contributed by atoms with Crippen LogP contribution < -0.4 is 4.74 Å². The molecular formula is C27H33ClO6. The van der Waals surface area contributed by atoms with Gasteiger partial charge in [0.15, 0.2) is 0 Å². The van der Waals surface area contributed by atoms with Crippen LogP contribution in [0.4, 0.5) is 0 Å². The lowest BCUT2D eigenvalue weighted by Gasteiger charge is -2.44. The molecule has 0 saturated carbocycles. The molecule has 1 heterocycles. The number of hydrogen-bond donors (Lipinski definition) is 0. The first kappa shape index (κ1) is 26.0. The highest BCUT2D eigenvalue weighted by atomic mass is 35.5.